The minimum Gasteiger partial charge on any atom is -0.508 e. The second kappa shape index (κ2) is 6.56. The van der Waals surface area contributed by atoms with Gasteiger partial charge in [-0.05, 0) is 71.0 Å². The van der Waals surface area contributed by atoms with E-state index in [1.165, 1.54) is 0 Å². The molecule has 0 aliphatic rings. The lowest BCUT2D eigenvalue weighted by molar-refractivity contribution is 0.0954. The van der Waals surface area contributed by atoms with Gasteiger partial charge in [-0.15, -0.1) is 0 Å². The first-order chi connectivity index (χ1) is 9.15. The molecule has 3 nitrogen and oxygen atoms in total. The van der Waals surface area contributed by atoms with Gasteiger partial charge in [-0.2, -0.15) is 0 Å². The van der Waals surface area contributed by atoms with Gasteiger partial charge in [0, 0.05) is 15.7 Å². The van der Waals surface area contributed by atoms with Crippen LogP contribution in [-0.2, 0) is 6.42 Å². The minimum atomic E-state index is -0.0726. The second-order valence-corrected chi connectivity index (χ2v) is 5.43. The fourth-order valence-electron chi connectivity index (χ4n) is 1.74. The number of nitrogens with one attached hydrogen (secondary N) is 1. The highest BCUT2D eigenvalue weighted by Gasteiger charge is 2.04. The van der Waals surface area contributed by atoms with Gasteiger partial charge in [0.2, 0.25) is 0 Å². The van der Waals surface area contributed by atoms with Crippen molar-refractivity contribution in [1.29, 1.82) is 0 Å². The molecule has 1 amide bonds. The smallest absolute Gasteiger partial charge is 0.251 e. The van der Waals surface area contributed by atoms with E-state index in [4.69, 9.17) is 0 Å². The van der Waals surface area contributed by atoms with Crippen LogP contribution in [0.2, 0.25) is 0 Å². The summed E-state index contributed by atoms with van der Waals surface area (Å²) in [6.07, 6.45) is 0.699. The van der Waals surface area contributed by atoms with Crippen molar-refractivity contribution in [3.63, 3.8) is 0 Å². The van der Waals surface area contributed by atoms with Gasteiger partial charge in [0.05, 0.1) is 0 Å². The zero-order valence-corrected chi connectivity index (χ0v) is 12.4. The van der Waals surface area contributed by atoms with Crippen molar-refractivity contribution >= 4 is 28.5 Å². The van der Waals surface area contributed by atoms with E-state index in [0.29, 0.717) is 18.5 Å². The highest BCUT2D eigenvalue weighted by atomic mass is 127. The normalized spacial score (nSPS) is 10.2. The molecule has 0 bridgehead atoms. The molecule has 98 valence electrons. The standard InChI is InChI=1S/C15H14INO2/c16-13-6-4-12(5-7-13)15(19)17-9-8-11-2-1-3-14(18)10-11/h1-7,10,18H,8-9H2,(H,17,19). The number of amides is 1. The van der Waals surface area contributed by atoms with E-state index in [2.05, 4.69) is 27.9 Å². The number of hydrogen-bond acceptors (Lipinski definition) is 2. The van der Waals surface area contributed by atoms with Crippen LogP contribution in [0, 0.1) is 3.57 Å². The van der Waals surface area contributed by atoms with Crippen molar-refractivity contribution in [3.05, 3.63) is 63.2 Å². The third-order valence-electron chi connectivity index (χ3n) is 2.72. The molecule has 0 fully saturated rings. The molecule has 0 saturated carbocycles. The van der Waals surface area contributed by atoms with Crippen LogP contribution >= 0.6 is 22.6 Å². The third kappa shape index (κ3) is 4.24. The lowest BCUT2D eigenvalue weighted by Crippen LogP contribution is -2.25. The fraction of sp³-hybridized carbons (Fsp3) is 0.133. The zero-order chi connectivity index (χ0) is 13.7. The summed E-state index contributed by atoms with van der Waals surface area (Å²) in [5, 5.41) is 12.2. The van der Waals surface area contributed by atoms with E-state index in [9.17, 15) is 9.90 Å². The van der Waals surface area contributed by atoms with Crippen molar-refractivity contribution in [2.75, 3.05) is 6.54 Å². The Bertz CT molecular complexity index is 567. The van der Waals surface area contributed by atoms with Crippen LogP contribution in [0.3, 0.4) is 0 Å². The Morgan fingerprint density at radius 2 is 1.89 bits per heavy atom. The van der Waals surface area contributed by atoms with Crippen molar-refractivity contribution in [1.82, 2.24) is 5.32 Å². The Balaban J connectivity index is 1.86. The first-order valence-electron chi connectivity index (χ1n) is 5.97. The first kappa shape index (κ1) is 13.9. The number of hydrogen-bond donors (Lipinski definition) is 2. The molecule has 0 radical (unpaired) electrons. The maximum Gasteiger partial charge on any atom is 0.251 e. The summed E-state index contributed by atoms with van der Waals surface area (Å²) < 4.78 is 1.11. The van der Waals surface area contributed by atoms with Gasteiger partial charge in [0.15, 0.2) is 0 Å². The maximum absolute atomic E-state index is 11.9. The molecule has 0 aliphatic carbocycles. The molecule has 0 spiro atoms. The van der Waals surface area contributed by atoms with Gasteiger partial charge in [-0.25, -0.2) is 0 Å². The topological polar surface area (TPSA) is 49.3 Å². The molecule has 19 heavy (non-hydrogen) atoms. The summed E-state index contributed by atoms with van der Waals surface area (Å²) in [4.78, 5) is 11.9. The molecule has 2 aromatic carbocycles. The molecular weight excluding hydrogens is 353 g/mol. The SMILES string of the molecule is O=C(NCCc1cccc(O)c1)c1ccc(I)cc1. The Morgan fingerprint density at radius 1 is 1.16 bits per heavy atom. The van der Waals surface area contributed by atoms with Crippen molar-refractivity contribution < 1.29 is 9.90 Å². The van der Waals surface area contributed by atoms with Crippen LogP contribution in [0.5, 0.6) is 5.75 Å². The molecule has 2 aromatic rings. The number of phenols is 1. The molecule has 2 rings (SSSR count). The van der Waals surface area contributed by atoms with Crippen LogP contribution < -0.4 is 5.32 Å². The van der Waals surface area contributed by atoms with E-state index in [1.54, 1.807) is 18.2 Å². The molecule has 0 atom stereocenters. The summed E-state index contributed by atoms with van der Waals surface area (Å²) in [7, 11) is 0. The van der Waals surface area contributed by atoms with E-state index in [-0.39, 0.29) is 11.7 Å². The van der Waals surface area contributed by atoms with Gasteiger partial charge in [0.1, 0.15) is 5.75 Å². The number of carbonyl (C=O) groups is 1. The zero-order valence-electron chi connectivity index (χ0n) is 10.3. The summed E-state index contributed by atoms with van der Waals surface area (Å²) >= 11 is 2.20. The molecule has 0 unspecified atom stereocenters. The summed E-state index contributed by atoms with van der Waals surface area (Å²) in [5.74, 6) is 0.179. The number of phenolic OH excluding ortho intramolecular Hbond substituents is 1. The minimum absolute atomic E-state index is 0.0726. The maximum atomic E-state index is 11.9. The molecule has 2 N–H and O–H groups in total. The predicted molar refractivity (Wildman–Crippen MR) is 83.3 cm³/mol. The van der Waals surface area contributed by atoms with Gasteiger partial charge in [-0.1, -0.05) is 12.1 Å². The number of halogens is 1. The number of benzene rings is 2. The van der Waals surface area contributed by atoms with E-state index in [1.807, 2.05) is 30.3 Å². The van der Waals surface area contributed by atoms with E-state index >= 15 is 0 Å². The van der Waals surface area contributed by atoms with Gasteiger partial charge < -0.3 is 10.4 Å². The Hall–Kier alpha value is -1.56. The molecule has 0 heterocycles. The van der Waals surface area contributed by atoms with Crippen LogP contribution in [0.25, 0.3) is 0 Å². The highest BCUT2D eigenvalue weighted by Crippen LogP contribution is 2.11. The van der Waals surface area contributed by atoms with Gasteiger partial charge in [0.25, 0.3) is 5.91 Å². The van der Waals surface area contributed by atoms with Crippen LogP contribution in [0.1, 0.15) is 15.9 Å². The van der Waals surface area contributed by atoms with Crippen molar-refractivity contribution in [3.8, 4) is 5.75 Å². The largest absolute Gasteiger partial charge is 0.508 e. The number of rotatable bonds is 4. The fourth-order valence-corrected chi connectivity index (χ4v) is 2.10. The Kier molecular flexibility index (Phi) is 4.79. The average Bonchev–Trinajstić information content (AvgIpc) is 2.39. The third-order valence-corrected chi connectivity index (χ3v) is 3.44. The van der Waals surface area contributed by atoms with Gasteiger partial charge in [-0.3, -0.25) is 4.79 Å². The van der Waals surface area contributed by atoms with Crippen LogP contribution in [0.15, 0.2) is 48.5 Å². The second-order valence-electron chi connectivity index (χ2n) is 4.18. The van der Waals surface area contributed by atoms with Crippen molar-refractivity contribution in [2.45, 2.75) is 6.42 Å². The van der Waals surface area contributed by atoms with Crippen molar-refractivity contribution in [2.24, 2.45) is 0 Å². The number of carbonyl (C=O) groups excluding carboxylic acids is 1. The number of aromatic hydroxyl groups is 1. The molecular formula is C15H14INO2. The van der Waals surface area contributed by atoms with Crippen LogP contribution in [-0.4, -0.2) is 17.6 Å². The summed E-state index contributed by atoms with van der Waals surface area (Å²) in [6.45, 7) is 0.550. The lowest BCUT2D eigenvalue weighted by Gasteiger charge is -2.06. The first-order valence-corrected chi connectivity index (χ1v) is 7.05. The molecule has 0 aromatic heterocycles. The lowest BCUT2D eigenvalue weighted by atomic mass is 10.1. The quantitative estimate of drug-likeness (QED) is 0.817. The van der Waals surface area contributed by atoms with E-state index in [0.717, 1.165) is 9.13 Å². The predicted octanol–water partition coefficient (Wildman–Crippen LogP) is 2.97. The van der Waals surface area contributed by atoms with Gasteiger partial charge >= 0.3 is 0 Å². The highest BCUT2D eigenvalue weighted by molar-refractivity contribution is 14.1. The summed E-state index contributed by atoms with van der Waals surface area (Å²) in [5.41, 5.74) is 1.67. The Morgan fingerprint density at radius 3 is 2.58 bits per heavy atom. The molecule has 4 heteroatoms. The average molecular weight is 367 g/mol. The molecule has 0 saturated heterocycles. The van der Waals surface area contributed by atoms with Crippen LogP contribution in [0.4, 0.5) is 0 Å². The molecule has 0 aliphatic heterocycles. The Labute approximate surface area is 125 Å². The summed E-state index contributed by atoms with van der Waals surface area (Å²) in [6, 6.07) is 14.5. The monoisotopic (exact) mass is 367 g/mol. The van der Waals surface area contributed by atoms with E-state index < -0.39 is 0 Å².